The summed E-state index contributed by atoms with van der Waals surface area (Å²) in [4.78, 5) is 0. The van der Waals surface area contributed by atoms with Crippen molar-refractivity contribution in [1.82, 2.24) is 5.32 Å². The Balaban J connectivity index is 2.55. The molecule has 0 heterocycles. The predicted octanol–water partition coefficient (Wildman–Crippen LogP) is 3.23. The lowest BCUT2D eigenvalue weighted by molar-refractivity contribution is 0.627. The molecule has 82 valence electrons. The molecule has 0 bridgehead atoms. The van der Waals surface area contributed by atoms with Gasteiger partial charge in [-0.05, 0) is 49.7 Å². The summed E-state index contributed by atoms with van der Waals surface area (Å²) >= 11 is 0. The SMILES string of the molecule is CCNCCC=C(C)c1cccc(F)c1. The molecule has 0 aliphatic heterocycles. The van der Waals surface area contributed by atoms with Gasteiger partial charge < -0.3 is 5.32 Å². The fourth-order valence-corrected chi connectivity index (χ4v) is 1.42. The standard InChI is InChI=1S/C13H18FN/c1-3-15-9-5-6-11(2)12-7-4-8-13(14)10-12/h4,6-8,10,15H,3,5,9H2,1-2H3. The normalized spacial score (nSPS) is 11.8. The summed E-state index contributed by atoms with van der Waals surface area (Å²) in [6.07, 6.45) is 3.12. The predicted molar refractivity (Wildman–Crippen MR) is 63.2 cm³/mol. The number of hydrogen-bond donors (Lipinski definition) is 1. The molecule has 0 amide bonds. The summed E-state index contributed by atoms with van der Waals surface area (Å²) in [6.45, 7) is 6.07. The molecule has 1 aromatic rings. The molecular weight excluding hydrogens is 189 g/mol. The van der Waals surface area contributed by atoms with Crippen LogP contribution in [0.1, 0.15) is 25.8 Å². The smallest absolute Gasteiger partial charge is 0.123 e. The fourth-order valence-electron chi connectivity index (χ4n) is 1.42. The highest BCUT2D eigenvalue weighted by Gasteiger charge is 1.96. The molecule has 15 heavy (non-hydrogen) atoms. The van der Waals surface area contributed by atoms with Crippen molar-refractivity contribution >= 4 is 5.57 Å². The number of benzene rings is 1. The number of hydrogen-bond acceptors (Lipinski definition) is 1. The van der Waals surface area contributed by atoms with Crippen LogP contribution in [0.2, 0.25) is 0 Å². The van der Waals surface area contributed by atoms with Gasteiger partial charge >= 0.3 is 0 Å². The molecule has 1 aromatic carbocycles. The van der Waals surface area contributed by atoms with E-state index in [9.17, 15) is 4.39 Å². The van der Waals surface area contributed by atoms with Gasteiger partial charge in [0.15, 0.2) is 0 Å². The van der Waals surface area contributed by atoms with E-state index >= 15 is 0 Å². The van der Waals surface area contributed by atoms with Crippen LogP contribution in [0.3, 0.4) is 0 Å². The lowest BCUT2D eigenvalue weighted by Crippen LogP contribution is -2.13. The average Bonchev–Trinajstić information content (AvgIpc) is 2.24. The lowest BCUT2D eigenvalue weighted by atomic mass is 10.1. The van der Waals surface area contributed by atoms with Gasteiger partial charge in [0, 0.05) is 0 Å². The Morgan fingerprint density at radius 2 is 2.27 bits per heavy atom. The van der Waals surface area contributed by atoms with E-state index in [1.807, 2.05) is 13.0 Å². The second kappa shape index (κ2) is 6.36. The van der Waals surface area contributed by atoms with E-state index in [1.54, 1.807) is 12.1 Å². The van der Waals surface area contributed by atoms with Crippen molar-refractivity contribution in [2.24, 2.45) is 0 Å². The molecule has 0 aliphatic carbocycles. The molecule has 0 spiro atoms. The van der Waals surface area contributed by atoms with Gasteiger partial charge in [-0.1, -0.05) is 25.1 Å². The number of halogens is 1. The highest BCUT2D eigenvalue weighted by Crippen LogP contribution is 2.14. The number of nitrogens with one attached hydrogen (secondary N) is 1. The van der Waals surface area contributed by atoms with Gasteiger partial charge in [-0.2, -0.15) is 0 Å². The highest BCUT2D eigenvalue weighted by atomic mass is 19.1. The highest BCUT2D eigenvalue weighted by molar-refractivity contribution is 5.63. The summed E-state index contributed by atoms with van der Waals surface area (Å²) in [6, 6.07) is 6.71. The first kappa shape index (κ1) is 11.9. The maximum atomic E-state index is 12.9. The van der Waals surface area contributed by atoms with E-state index in [-0.39, 0.29) is 5.82 Å². The Bertz CT molecular complexity index is 331. The first-order valence-corrected chi connectivity index (χ1v) is 5.37. The van der Waals surface area contributed by atoms with Gasteiger partial charge in [0.05, 0.1) is 0 Å². The maximum absolute atomic E-state index is 12.9. The summed E-state index contributed by atoms with van der Waals surface area (Å²) in [5.41, 5.74) is 2.10. The van der Waals surface area contributed by atoms with E-state index in [4.69, 9.17) is 0 Å². The molecule has 1 rings (SSSR count). The van der Waals surface area contributed by atoms with Gasteiger partial charge in [0.2, 0.25) is 0 Å². The van der Waals surface area contributed by atoms with Gasteiger partial charge in [0.25, 0.3) is 0 Å². The quantitative estimate of drug-likeness (QED) is 0.731. The number of allylic oxidation sites excluding steroid dienone is 1. The molecule has 0 atom stereocenters. The second-order valence-electron chi connectivity index (χ2n) is 3.54. The van der Waals surface area contributed by atoms with Crippen molar-refractivity contribution < 1.29 is 4.39 Å². The van der Waals surface area contributed by atoms with Gasteiger partial charge in [-0.15, -0.1) is 0 Å². The van der Waals surface area contributed by atoms with Crippen LogP contribution >= 0.6 is 0 Å². The largest absolute Gasteiger partial charge is 0.317 e. The number of rotatable bonds is 5. The topological polar surface area (TPSA) is 12.0 Å². The third-order valence-corrected chi connectivity index (χ3v) is 2.30. The molecule has 0 radical (unpaired) electrons. The third kappa shape index (κ3) is 4.26. The summed E-state index contributed by atoms with van der Waals surface area (Å²) in [7, 11) is 0. The van der Waals surface area contributed by atoms with Gasteiger partial charge in [-0.25, -0.2) is 4.39 Å². The van der Waals surface area contributed by atoms with Crippen LogP contribution in [0, 0.1) is 5.82 Å². The van der Waals surface area contributed by atoms with Crippen molar-refractivity contribution in [2.75, 3.05) is 13.1 Å². The Kier molecular flexibility index (Phi) is 5.05. The Morgan fingerprint density at radius 1 is 1.47 bits per heavy atom. The Hall–Kier alpha value is -1.15. The van der Waals surface area contributed by atoms with Crippen LogP contribution in [0.15, 0.2) is 30.3 Å². The van der Waals surface area contributed by atoms with Crippen molar-refractivity contribution in [2.45, 2.75) is 20.3 Å². The van der Waals surface area contributed by atoms with Crippen LogP contribution in [0.5, 0.6) is 0 Å². The fraction of sp³-hybridized carbons (Fsp3) is 0.385. The van der Waals surface area contributed by atoms with Crippen LogP contribution < -0.4 is 5.32 Å². The molecule has 0 unspecified atom stereocenters. The minimum absolute atomic E-state index is 0.174. The van der Waals surface area contributed by atoms with Crippen molar-refractivity contribution in [3.8, 4) is 0 Å². The molecule has 0 saturated heterocycles. The van der Waals surface area contributed by atoms with Crippen molar-refractivity contribution in [3.05, 3.63) is 41.7 Å². The zero-order valence-electron chi connectivity index (χ0n) is 9.39. The van der Waals surface area contributed by atoms with Crippen LogP contribution in [0.25, 0.3) is 5.57 Å². The van der Waals surface area contributed by atoms with Crippen LogP contribution in [-0.4, -0.2) is 13.1 Å². The first-order chi connectivity index (χ1) is 7.24. The monoisotopic (exact) mass is 207 g/mol. The Morgan fingerprint density at radius 3 is 2.93 bits per heavy atom. The molecule has 2 heteroatoms. The van der Waals surface area contributed by atoms with Gasteiger partial charge in [-0.3, -0.25) is 0 Å². The van der Waals surface area contributed by atoms with E-state index < -0.39 is 0 Å². The summed E-state index contributed by atoms with van der Waals surface area (Å²) in [5.74, 6) is -0.174. The molecule has 0 saturated carbocycles. The minimum atomic E-state index is -0.174. The summed E-state index contributed by atoms with van der Waals surface area (Å²) < 4.78 is 12.9. The van der Waals surface area contributed by atoms with Crippen molar-refractivity contribution in [3.63, 3.8) is 0 Å². The first-order valence-electron chi connectivity index (χ1n) is 5.37. The summed E-state index contributed by atoms with van der Waals surface area (Å²) in [5, 5.41) is 3.25. The molecule has 1 nitrogen and oxygen atoms in total. The van der Waals surface area contributed by atoms with E-state index in [0.717, 1.165) is 30.6 Å². The average molecular weight is 207 g/mol. The van der Waals surface area contributed by atoms with Gasteiger partial charge in [0.1, 0.15) is 5.82 Å². The van der Waals surface area contributed by atoms with Crippen LogP contribution in [-0.2, 0) is 0 Å². The Labute approximate surface area is 91.0 Å². The minimum Gasteiger partial charge on any atom is -0.317 e. The lowest BCUT2D eigenvalue weighted by Gasteiger charge is -2.02. The van der Waals surface area contributed by atoms with E-state index in [0.29, 0.717) is 0 Å². The molecule has 0 fully saturated rings. The zero-order valence-corrected chi connectivity index (χ0v) is 9.39. The zero-order chi connectivity index (χ0) is 11.1. The molecule has 0 aliphatic rings. The second-order valence-corrected chi connectivity index (χ2v) is 3.54. The van der Waals surface area contributed by atoms with Crippen LogP contribution in [0.4, 0.5) is 4.39 Å². The molecule has 1 N–H and O–H groups in total. The molecular formula is C13H18FN. The molecule has 0 aromatic heterocycles. The van der Waals surface area contributed by atoms with Crippen molar-refractivity contribution in [1.29, 1.82) is 0 Å². The van der Waals surface area contributed by atoms with E-state index in [2.05, 4.69) is 18.3 Å². The van der Waals surface area contributed by atoms with E-state index in [1.165, 1.54) is 6.07 Å². The maximum Gasteiger partial charge on any atom is 0.123 e. The third-order valence-electron chi connectivity index (χ3n) is 2.30.